The Labute approximate surface area is 354 Å². The number of rotatable bonds is 10. The molecule has 1 aromatic rings. The number of thioether (sulfide) groups is 1. The van der Waals surface area contributed by atoms with Crippen molar-refractivity contribution >= 4 is 75.2 Å². The number of allylic oxidation sites excluding steroid dienone is 1. The third-order valence-corrected chi connectivity index (χ3v) is 11.5. The van der Waals surface area contributed by atoms with E-state index in [-0.39, 0.29) is 106 Å². The van der Waals surface area contributed by atoms with E-state index >= 15 is 0 Å². The number of Topliss-reactive ketones (excluding diaryl/α,β-unsaturated/α-hetero) is 1. The Kier molecular flexibility index (Phi) is 13.3. The molecule has 272 valence electrons. The first kappa shape index (κ1) is 42.9. The number of thiazole rings is 1. The summed E-state index contributed by atoms with van der Waals surface area (Å²) in [5, 5.41) is 52.2. The van der Waals surface area contributed by atoms with E-state index in [9.17, 15) is 49.3 Å². The van der Waals surface area contributed by atoms with Crippen LogP contribution in [0.25, 0.3) is 0 Å². The molecule has 0 saturated carbocycles. The SMILES string of the molecule is CC(C)(O/N=C(\C([O-])=N[C@@H]1C(=O)N2C(C(=O)[O-])=C(C[N+]34CCC(CC3)N(C(=O)C3=CC(=O)C(=O)CN3O)CC4)CS[C@H]12)c1csc(N)n1)C(=O)[O-].[Na+].[Na+]. The van der Waals surface area contributed by atoms with Crippen molar-refractivity contribution in [2.75, 3.05) is 50.8 Å². The number of carboxylic acids is 2. The molecule has 23 heteroatoms. The molecule has 7 heterocycles. The van der Waals surface area contributed by atoms with Crippen LogP contribution in [0.2, 0.25) is 0 Å². The van der Waals surface area contributed by atoms with Gasteiger partial charge in [-0.2, -0.15) is 0 Å². The van der Waals surface area contributed by atoms with Crippen molar-refractivity contribution in [1.82, 2.24) is 19.8 Å². The molecule has 0 aromatic carbocycles. The van der Waals surface area contributed by atoms with Crippen LogP contribution in [0.4, 0.5) is 5.13 Å². The molecule has 53 heavy (non-hydrogen) atoms. The van der Waals surface area contributed by atoms with Crippen molar-refractivity contribution in [3.8, 4) is 0 Å². The van der Waals surface area contributed by atoms with Gasteiger partial charge in [-0.1, -0.05) is 5.16 Å². The van der Waals surface area contributed by atoms with Gasteiger partial charge in [-0.3, -0.25) is 34.3 Å². The van der Waals surface area contributed by atoms with Gasteiger partial charge in [-0.15, -0.1) is 23.1 Å². The predicted octanol–water partition coefficient (Wildman–Crippen LogP) is -10.4. The van der Waals surface area contributed by atoms with Crippen molar-refractivity contribution in [2.45, 2.75) is 49.7 Å². The smallest absolute Gasteiger partial charge is 0.857 e. The fraction of sp³-hybridized carbons (Fsp3) is 0.500. The number of carbonyl (C=O) groups is 6. The number of hydroxylamine groups is 2. The number of amides is 2. The number of aliphatic carboxylic acids is 2. The number of fused-ring (bicyclic) bond motifs is 5. The number of β-lactam (4-membered cyclic amide) rings is 1. The number of piperidine rings is 1. The van der Waals surface area contributed by atoms with Crippen molar-refractivity contribution in [1.29, 1.82) is 0 Å². The number of carboxylic acid groups (broad SMARTS) is 2. The Bertz CT molecular complexity index is 1860. The average Bonchev–Trinajstić information content (AvgIpc) is 3.32. The van der Waals surface area contributed by atoms with Gasteiger partial charge < -0.3 is 44.9 Å². The van der Waals surface area contributed by atoms with Crippen molar-refractivity contribution in [3.63, 3.8) is 0 Å². The first-order chi connectivity index (χ1) is 24.0. The minimum absolute atomic E-state index is 0. The van der Waals surface area contributed by atoms with Crippen LogP contribution in [0.5, 0.6) is 0 Å². The third kappa shape index (κ3) is 8.38. The number of nitrogens with zero attached hydrogens (tertiary/aromatic N) is 7. The minimum atomic E-state index is -1.93. The van der Waals surface area contributed by atoms with Gasteiger partial charge in [0.1, 0.15) is 35.6 Å². The molecule has 3 N–H and O–H groups in total. The number of carbonyl (C=O) groups excluding carboxylic acids is 6. The second-order valence-electron chi connectivity index (χ2n) is 13.2. The van der Waals surface area contributed by atoms with Crippen molar-refractivity contribution < 1.29 is 118 Å². The zero-order chi connectivity index (χ0) is 37.0. The number of anilines is 1. The molecule has 0 radical (unpaired) electrons. The zero-order valence-corrected chi connectivity index (χ0v) is 34.9. The Morgan fingerprint density at radius 2 is 1.81 bits per heavy atom. The molecule has 19 nitrogen and oxygen atoms in total. The van der Waals surface area contributed by atoms with E-state index in [0.717, 1.165) is 36.2 Å². The molecular formula is C30H32N8Na2O11S2. The Hall–Kier alpha value is -2.86. The summed E-state index contributed by atoms with van der Waals surface area (Å²) < 4.78 is 0.421. The summed E-state index contributed by atoms with van der Waals surface area (Å²) in [6.07, 6.45) is 1.96. The standard InChI is InChI=1S/C30H34N8O11S2.2Na/c1-30(2,28(46)47)49-34-20(16-13-51-29(31)32-16)23(41)33-21-25(43)37-22(27(44)45)14(12-50-26(21)37)11-38-6-3-15(4-7-38)35(5-8-38)24(42)17-9-18(39)19(40)10-36(17)48;;/h9,13,15,21,26,48H,3-8,10-12H2,1-2H3,(H4-,31,32,33,41,44,45,46,47);;/q;2*+1/p-2/b34-20-;;/t15?,21-,26-,38?;;/m1../s1. The molecular weight excluding hydrogens is 758 g/mol. The van der Waals surface area contributed by atoms with Crippen LogP contribution in [0.15, 0.2) is 38.6 Å². The summed E-state index contributed by atoms with van der Waals surface area (Å²) in [5.41, 5.74) is 3.05. The van der Waals surface area contributed by atoms with Gasteiger partial charge in [0, 0.05) is 47.6 Å². The number of aliphatic imine (C=N–C) groups is 1. The topological polar surface area (TPSA) is 274 Å². The molecule has 7 rings (SSSR count). The van der Waals surface area contributed by atoms with Crippen LogP contribution in [0.3, 0.4) is 0 Å². The molecule has 0 aliphatic carbocycles. The number of quaternary nitrogens is 1. The number of hydrogen-bond acceptors (Lipinski definition) is 18. The van der Waals surface area contributed by atoms with Gasteiger partial charge in [0.25, 0.3) is 11.8 Å². The number of nitrogens with two attached hydrogens (primary N) is 1. The quantitative estimate of drug-likeness (QED) is 0.0424. The Balaban J connectivity index is 0.00000314. The van der Waals surface area contributed by atoms with Crippen LogP contribution in [0.1, 0.15) is 32.4 Å². The molecule has 2 bridgehead atoms. The van der Waals surface area contributed by atoms with Crippen LogP contribution in [0, 0.1) is 0 Å². The molecule has 4 saturated heterocycles. The normalized spacial score (nSPS) is 26.2. The van der Waals surface area contributed by atoms with Gasteiger partial charge in [-0.25, -0.2) is 10.0 Å². The summed E-state index contributed by atoms with van der Waals surface area (Å²) in [7, 11) is 0. The van der Waals surface area contributed by atoms with E-state index in [1.165, 1.54) is 17.1 Å². The number of oxime groups is 1. The molecule has 6 aliphatic rings. The molecule has 4 fully saturated rings. The Morgan fingerprint density at radius 1 is 1.13 bits per heavy atom. The number of hydrogen-bond donors (Lipinski definition) is 2. The predicted molar refractivity (Wildman–Crippen MR) is 171 cm³/mol. The van der Waals surface area contributed by atoms with E-state index in [1.807, 2.05) is 0 Å². The van der Waals surface area contributed by atoms with Gasteiger partial charge in [0.2, 0.25) is 11.6 Å². The summed E-state index contributed by atoms with van der Waals surface area (Å²) in [5.74, 6) is -7.10. The van der Waals surface area contributed by atoms with E-state index in [0.29, 0.717) is 47.6 Å². The number of aromatic nitrogens is 1. The van der Waals surface area contributed by atoms with E-state index in [1.54, 1.807) is 4.90 Å². The first-order valence-electron chi connectivity index (χ1n) is 15.8. The van der Waals surface area contributed by atoms with E-state index < -0.39 is 70.5 Å². The van der Waals surface area contributed by atoms with Crippen LogP contribution in [-0.2, 0) is 33.6 Å². The van der Waals surface area contributed by atoms with Gasteiger partial charge in [-0.05, 0) is 13.8 Å². The first-order valence-corrected chi connectivity index (χ1v) is 17.7. The molecule has 2 atom stereocenters. The number of ketones is 2. The van der Waals surface area contributed by atoms with Crippen LogP contribution >= 0.6 is 23.1 Å². The fourth-order valence-electron chi connectivity index (χ4n) is 6.68. The summed E-state index contributed by atoms with van der Waals surface area (Å²) in [4.78, 5) is 90.1. The van der Waals surface area contributed by atoms with Gasteiger partial charge in [0.05, 0.1) is 43.8 Å². The van der Waals surface area contributed by atoms with Gasteiger partial charge in [0.15, 0.2) is 16.8 Å². The second kappa shape index (κ2) is 16.5. The minimum Gasteiger partial charge on any atom is -0.857 e. The summed E-state index contributed by atoms with van der Waals surface area (Å²) >= 11 is 2.18. The maximum Gasteiger partial charge on any atom is 1.00 e. The monoisotopic (exact) mass is 790 g/mol. The zero-order valence-electron chi connectivity index (χ0n) is 29.3. The summed E-state index contributed by atoms with van der Waals surface area (Å²) in [6.45, 7) is 3.78. The maximum absolute atomic E-state index is 13.4. The maximum atomic E-state index is 13.4. The number of nitrogen functional groups attached to an aromatic ring is 1. The molecule has 2 amide bonds. The molecule has 1 aromatic heterocycles. The fourth-order valence-corrected chi connectivity index (χ4v) is 8.55. The molecule has 6 aliphatic heterocycles. The van der Waals surface area contributed by atoms with Crippen molar-refractivity contribution in [3.05, 3.63) is 34.1 Å². The van der Waals surface area contributed by atoms with Crippen LogP contribution < -0.4 is 80.2 Å². The summed E-state index contributed by atoms with van der Waals surface area (Å²) in [6, 6.07) is -1.49. The van der Waals surface area contributed by atoms with Crippen molar-refractivity contribution in [2.24, 2.45) is 10.1 Å². The third-order valence-electron chi connectivity index (χ3n) is 9.54. The molecule has 0 spiro atoms. The Morgan fingerprint density at radius 3 is 2.42 bits per heavy atom. The average molecular weight is 791 g/mol. The van der Waals surface area contributed by atoms with E-state index in [4.69, 9.17) is 10.6 Å². The molecule has 0 unspecified atom stereocenters. The second-order valence-corrected chi connectivity index (χ2v) is 15.2. The van der Waals surface area contributed by atoms with E-state index in [2.05, 4.69) is 15.1 Å². The van der Waals surface area contributed by atoms with Crippen LogP contribution in [-0.4, -0.2) is 145 Å². The van der Waals surface area contributed by atoms with Gasteiger partial charge >= 0.3 is 59.1 Å². The largest absolute Gasteiger partial charge is 1.00 e.